The third-order valence-corrected chi connectivity index (χ3v) is 4.30. The Morgan fingerprint density at radius 2 is 2.10 bits per heavy atom. The molecule has 0 radical (unpaired) electrons. The Labute approximate surface area is 126 Å². The van der Waals surface area contributed by atoms with Gasteiger partial charge in [0.05, 0.1) is 7.11 Å². The maximum absolute atomic E-state index is 12.0. The predicted molar refractivity (Wildman–Crippen MR) is 84.6 cm³/mol. The topological polar surface area (TPSA) is 76.4 Å². The molecule has 0 saturated heterocycles. The van der Waals surface area contributed by atoms with Crippen LogP contribution in [0.25, 0.3) is 0 Å². The molecule has 0 bridgehead atoms. The molecule has 2 amide bonds. The first-order valence-electron chi connectivity index (χ1n) is 7.56. The second-order valence-electron chi connectivity index (χ2n) is 5.80. The molecule has 1 aliphatic carbocycles. The summed E-state index contributed by atoms with van der Waals surface area (Å²) < 4.78 is 5.14. The summed E-state index contributed by atoms with van der Waals surface area (Å²) in [5, 5.41) is 5.79. The Balaban J connectivity index is 1.86. The molecule has 0 aromatic heterocycles. The number of carbonyl (C=O) groups is 1. The largest absolute Gasteiger partial charge is 0.497 e. The smallest absolute Gasteiger partial charge is 0.319 e. The maximum atomic E-state index is 12.0. The van der Waals surface area contributed by atoms with Crippen molar-refractivity contribution in [2.24, 2.45) is 11.1 Å². The van der Waals surface area contributed by atoms with E-state index in [1.54, 1.807) is 13.2 Å². The SMILES string of the molecule is COc1cccc(NC(=O)NCC2(CN)CCCCC2)c1. The van der Waals surface area contributed by atoms with Crippen molar-refractivity contribution < 1.29 is 9.53 Å². The van der Waals surface area contributed by atoms with Gasteiger partial charge < -0.3 is 21.1 Å². The first kappa shape index (κ1) is 15.6. The standard InChI is InChI=1S/C16H25N3O2/c1-21-14-7-5-6-13(10-14)19-15(20)18-12-16(11-17)8-3-2-4-9-16/h5-7,10H,2-4,8-9,11-12,17H2,1H3,(H2,18,19,20). The molecule has 0 spiro atoms. The minimum absolute atomic E-state index is 0.0734. The third kappa shape index (κ3) is 4.36. The van der Waals surface area contributed by atoms with Crippen LogP contribution < -0.4 is 21.1 Å². The number of hydrogen-bond donors (Lipinski definition) is 3. The minimum Gasteiger partial charge on any atom is -0.497 e. The molecule has 0 atom stereocenters. The van der Waals surface area contributed by atoms with Gasteiger partial charge in [-0.3, -0.25) is 0 Å². The van der Waals surface area contributed by atoms with Crippen LogP contribution in [0, 0.1) is 5.41 Å². The van der Waals surface area contributed by atoms with Gasteiger partial charge in [0.1, 0.15) is 5.75 Å². The van der Waals surface area contributed by atoms with Gasteiger partial charge in [0.15, 0.2) is 0 Å². The quantitative estimate of drug-likeness (QED) is 0.780. The lowest BCUT2D eigenvalue weighted by Gasteiger charge is -2.36. The number of ether oxygens (including phenoxy) is 1. The number of urea groups is 1. The number of nitrogens with two attached hydrogens (primary N) is 1. The van der Waals surface area contributed by atoms with Crippen molar-refractivity contribution in [1.29, 1.82) is 0 Å². The van der Waals surface area contributed by atoms with Crippen LogP contribution in [0.4, 0.5) is 10.5 Å². The molecule has 21 heavy (non-hydrogen) atoms. The number of anilines is 1. The van der Waals surface area contributed by atoms with Crippen LogP contribution in [0.2, 0.25) is 0 Å². The lowest BCUT2D eigenvalue weighted by atomic mass is 9.74. The number of hydrogen-bond acceptors (Lipinski definition) is 3. The van der Waals surface area contributed by atoms with E-state index in [0.717, 1.165) is 24.3 Å². The Morgan fingerprint density at radius 3 is 2.76 bits per heavy atom. The van der Waals surface area contributed by atoms with E-state index in [1.807, 2.05) is 18.2 Å². The van der Waals surface area contributed by atoms with Gasteiger partial charge >= 0.3 is 6.03 Å². The van der Waals surface area contributed by atoms with Crippen molar-refractivity contribution in [1.82, 2.24) is 5.32 Å². The number of nitrogens with one attached hydrogen (secondary N) is 2. The average Bonchev–Trinajstić information content (AvgIpc) is 2.54. The number of methoxy groups -OCH3 is 1. The Bertz CT molecular complexity index is 470. The molecule has 2 rings (SSSR count). The van der Waals surface area contributed by atoms with E-state index in [-0.39, 0.29) is 11.4 Å². The van der Waals surface area contributed by atoms with Crippen molar-refractivity contribution in [2.45, 2.75) is 32.1 Å². The molecule has 5 nitrogen and oxygen atoms in total. The average molecular weight is 291 g/mol. The van der Waals surface area contributed by atoms with Crippen LogP contribution in [0.5, 0.6) is 5.75 Å². The Kier molecular flexibility index (Phi) is 5.44. The first-order chi connectivity index (χ1) is 10.2. The van der Waals surface area contributed by atoms with Gasteiger partial charge in [-0.05, 0) is 31.5 Å². The normalized spacial score (nSPS) is 17.0. The summed E-state index contributed by atoms with van der Waals surface area (Å²) in [4.78, 5) is 12.0. The van der Waals surface area contributed by atoms with Gasteiger partial charge in [-0.25, -0.2) is 4.79 Å². The highest BCUT2D eigenvalue weighted by atomic mass is 16.5. The fourth-order valence-electron chi connectivity index (χ4n) is 2.90. The van der Waals surface area contributed by atoms with E-state index in [2.05, 4.69) is 10.6 Å². The zero-order chi connectivity index (χ0) is 15.1. The molecule has 1 aliphatic rings. The van der Waals surface area contributed by atoms with Gasteiger partial charge in [-0.15, -0.1) is 0 Å². The Morgan fingerprint density at radius 1 is 1.33 bits per heavy atom. The molecule has 1 aromatic carbocycles. The zero-order valence-electron chi connectivity index (χ0n) is 12.7. The first-order valence-corrected chi connectivity index (χ1v) is 7.56. The molecule has 1 saturated carbocycles. The van der Waals surface area contributed by atoms with Gasteiger partial charge in [-0.1, -0.05) is 25.3 Å². The van der Waals surface area contributed by atoms with E-state index in [1.165, 1.54) is 19.3 Å². The van der Waals surface area contributed by atoms with E-state index >= 15 is 0 Å². The lowest BCUT2D eigenvalue weighted by molar-refractivity contribution is 0.190. The van der Waals surface area contributed by atoms with Crippen LogP contribution in [-0.4, -0.2) is 26.2 Å². The number of rotatable bonds is 5. The molecule has 0 aliphatic heterocycles. The molecule has 0 heterocycles. The predicted octanol–water partition coefficient (Wildman–Crippen LogP) is 2.73. The Hall–Kier alpha value is -1.75. The summed E-state index contributed by atoms with van der Waals surface area (Å²) in [7, 11) is 1.60. The maximum Gasteiger partial charge on any atom is 0.319 e. The summed E-state index contributed by atoms with van der Waals surface area (Å²) in [5.41, 5.74) is 6.72. The highest BCUT2D eigenvalue weighted by molar-refractivity contribution is 5.89. The van der Waals surface area contributed by atoms with Crippen LogP contribution in [0.15, 0.2) is 24.3 Å². The highest BCUT2D eigenvalue weighted by Crippen LogP contribution is 2.34. The summed E-state index contributed by atoms with van der Waals surface area (Å²) >= 11 is 0. The van der Waals surface area contributed by atoms with Gasteiger partial charge in [0.2, 0.25) is 0 Å². The van der Waals surface area contributed by atoms with E-state index in [4.69, 9.17) is 10.5 Å². The van der Waals surface area contributed by atoms with E-state index < -0.39 is 0 Å². The number of benzene rings is 1. The molecule has 4 N–H and O–H groups in total. The van der Waals surface area contributed by atoms with Gasteiger partial charge in [-0.2, -0.15) is 0 Å². The van der Waals surface area contributed by atoms with Crippen molar-refractivity contribution in [3.8, 4) is 5.75 Å². The molecular weight excluding hydrogens is 266 g/mol. The molecule has 1 fully saturated rings. The zero-order valence-corrected chi connectivity index (χ0v) is 12.7. The van der Waals surface area contributed by atoms with E-state index in [0.29, 0.717) is 13.1 Å². The second kappa shape index (κ2) is 7.31. The van der Waals surface area contributed by atoms with Crippen molar-refractivity contribution >= 4 is 11.7 Å². The minimum atomic E-state index is -0.193. The van der Waals surface area contributed by atoms with Gasteiger partial charge in [0.25, 0.3) is 0 Å². The summed E-state index contributed by atoms with van der Waals surface area (Å²) in [6.07, 6.45) is 5.89. The third-order valence-electron chi connectivity index (χ3n) is 4.30. The molecular formula is C16H25N3O2. The van der Waals surface area contributed by atoms with Gasteiger partial charge in [0, 0.05) is 23.7 Å². The lowest BCUT2D eigenvalue weighted by Crippen LogP contribution is -2.44. The molecule has 116 valence electrons. The fourth-order valence-corrected chi connectivity index (χ4v) is 2.90. The van der Waals surface area contributed by atoms with Crippen LogP contribution in [-0.2, 0) is 0 Å². The number of carbonyl (C=O) groups excluding carboxylic acids is 1. The highest BCUT2D eigenvalue weighted by Gasteiger charge is 2.30. The molecule has 1 aromatic rings. The number of amides is 2. The fraction of sp³-hybridized carbons (Fsp3) is 0.562. The summed E-state index contributed by atoms with van der Waals surface area (Å²) in [5.74, 6) is 0.721. The van der Waals surface area contributed by atoms with Crippen molar-refractivity contribution in [3.63, 3.8) is 0 Å². The molecule has 0 unspecified atom stereocenters. The van der Waals surface area contributed by atoms with Crippen molar-refractivity contribution in [3.05, 3.63) is 24.3 Å². The van der Waals surface area contributed by atoms with E-state index in [9.17, 15) is 4.79 Å². The van der Waals surface area contributed by atoms with Crippen LogP contribution in [0.3, 0.4) is 0 Å². The van der Waals surface area contributed by atoms with Crippen LogP contribution >= 0.6 is 0 Å². The second-order valence-corrected chi connectivity index (χ2v) is 5.80. The van der Waals surface area contributed by atoms with Crippen LogP contribution in [0.1, 0.15) is 32.1 Å². The summed E-state index contributed by atoms with van der Waals surface area (Å²) in [6, 6.07) is 7.12. The monoisotopic (exact) mass is 291 g/mol. The molecule has 5 heteroatoms. The summed E-state index contributed by atoms with van der Waals surface area (Å²) in [6.45, 7) is 1.27. The van der Waals surface area contributed by atoms with Crippen molar-refractivity contribution in [2.75, 3.05) is 25.5 Å².